The van der Waals surface area contributed by atoms with Crippen LogP contribution in [-0.4, -0.2) is 23.6 Å². The second-order valence-corrected chi connectivity index (χ2v) is 6.85. The number of hydrogen-bond acceptors (Lipinski definition) is 6. The molecule has 1 N–H and O–H groups in total. The van der Waals surface area contributed by atoms with Crippen molar-refractivity contribution in [3.8, 4) is 11.5 Å². The van der Waals surface area contributed by atoms with Gasteiger partial charge in [-0.25, -0.2) is 0 Å². The molecule has 0 amide bonds. The van der Waals surface area contributed by atoms with Gasteiger partial charge in [-0.15, -0.1) is 4.41 Å². The van der Waals surface area contributed by atoms with E-state index < -0.39 is 0 Å². The summed E-state index contributed by atoms with van der Waals surface area (Å²) in [5.41, 5.74) is 5.33. The normalized spacial score (nSPS) is 11.1. The smallest absolute Gasteiger partial charge is 0.166 e. The number of hydrazine groups is 1. The van der Waals surface area contributed by atoms with Gasteiger partial charge in [0.25, 0.3) is 0 Å². The molecule has 0 atom stereocenters. The van der Waals surface area contributed by atoms with E-state index in [1.807, 2.05) is 60.1 Å². The molecule has 4 aromatic rings. The van der Waals surface area contributed by atoms with Gasteiger partial charge in [0, 0.05) is 24.0 Å². The van der Waals surface area contributed by atoms with Crippen LogP contribution >= 0.6 is 12.2 Å². The maximum Gasteiger partial charge on any atom is 0.166 e. The molecule has 0 aliphatic rings. The molecule has 0 saturated heterocycles. The van der Waals surface area contributed by atoms with Crippen LogP contribution in [0.25, 0.3) is 21.7 Å². The number of ether oxygens (including phenoxy) is 1. The van der Waals surface area contributed by atoms with Crippen LogP contribution in [0, 0.1) is 0 Å². The summed E-state index contributed by atoms with van der Waals surface area (Å²) >= 11 is 1.21. The maximum atomic E-state index is 5.75. The second-order valence-electron chi connectivity index (χ2n) is 5.99. The largest absolute Gasteiger partial charge is 0.497 e. The number of nitrogens with one attached hydrogen (secondary N) is 1. The van der Waals surface area contributed by atoms with Gasteiger partial charge in [-0.3, -0.25) is 4.98 Å². The van der Waals surface area contributed by atoms with Crippen molar-refractivity contribution >= 4 is 39.6 Å². The lowest BCUT2D eigenvalue weighted by Crippen LogP contribution is -2.19. The molecule has 4 rings (SSSR count). The van der Waals surface area contributed by atoms with Gasteiger partial charge in [-0.1, -0.05) is 30.3 Å². The van der Waals surface area contributed by atoms with Gasteiger partial charge in [-0.2, -0.15) is 0 Å². The van der Waals surface area contributed by atoms with Gasteiger partial charge in [0.2, 0.25) is 0 Å². The van der Waals surface area contributed by atoms with E-state index in [9.17, 15) is 0 Å². The lowest BCUT2D eigenvalue weighted by molar-refractivity contribution is 0.414. The summed E-state index contributed by atoms with van der Waals surface area (Å²) in [5.74, 6) is 1.55. The van der Waals surface area contributed by atoms with Crippen molar-refractivity contribution in [2.45, 2.75) is 0 Å². The zero-order valence-corrected chi connectivity index (χ0v) is 15.9. The third-order valence-electron chi connectivity index (χ3n) is 4.20. The van der Waals surface area contributed by atoms with Crippen LogP contribution in [0.3, 0.4) is 0 Å². The Bertz CT molecular complexity index is 1070. The number of rotatable bonds is 6. The molecule has 0 saturated carbocycles. The van der Waals surface area contributed by atoms with Crippen molar-refractivity contribution in [2.24, 2.45) is 0 Å². The lowest BCUT2D eigenvalue weighted by Gasteiger charge is -2.19. The van der Waals surface area contributed by atoms with Crippen LogP contribution in [0.2, 0.25) is 0 Å². The number of hydrogen-bond donors (Lipinski definition) is 1. The van der Waals surface area contributed by atoms with E-state index >= 15 is 0 Å². The third kappa shape index (κ3) is 3.77. The van der Waals surface area contributed by atoms with Crippen molar-refractivity contribution in [1.29, 1.82) is 0 Å². The van der Waals surface area contributed by atoms with E-state index in [1.54, 1.807) is 7.11 Å². The molecular formula is C21H19N3O2S. The quantitative estimate of drug-likeness (QED) is 0.213. The fraction of sp³-hybridized carbons (Fsp3) is 0.0952. The number of methoxy groups -OCH3 is 1. The Kier molecular flexibility index (Phi) is 5.00. The van der Waals surface area contributed by atoms with Crippen LogP contribution in [0.4, 0.5) is 5.69 Å². The van der Waals surface area contributed by atoms with Crippen molar-refractivity contribution in [2.75, 3.05) is 19.6 Å². The number of anilines is 1. The van der Waals surface area contributed by atoms with Gasteiger partial charge >= 0.3 is 0 Å². The van der Waals surface area contributed by atoms with E-state index in [2.05, 4.69) is 34.7 Å². The van der Waals surface area contributed by atoms with Gasteiger partial charge in [-0.05, 0) is 41.8 Å². The topological polar surface area (TPSA) is 46.6 Å². The minimum absolute atomic E-state index is 0.750. The number of fused-ring (bicyclic) bond motifs is 3. The first kappa shape index (κ1) is 17.5. The Morgan fingerprint density at radius 2 is 1.63 bits per heavy atom. The van der Waals surface area contributed by atoms with Crippen LogP contribution in [0.5, 0.6) is 11.5 Å². The standard InChI is InChI=1S/C21H19N3O2S/c1-24(27-26-18-12-10-17(25-2)11-13-18)23-19-7-3-5-15-8-9-16-6-4-14-22-21(16)20(15)19/h3-14,23H,1-2H3. The highest BCUT2D eigenvalue weighted by Gasteiger charge is 2.09. The summed E-state index contributed by atoms with van der Waals surface area (Å²) in [5, 5.41) is 3.34. The summed E-state index contributed by atoms with van der Waals surface area (Å²) in [6.45, 7) is 0. The van der Waals surface area contributed by atoms with Crippen molar-refractivity contribution in [3.05, 3.63) is 72.9 Å². The molecule has 1 aromatic heterocycles. The number of pyridine rings is 1. The molecule has 0 fully saturated rings. The predicted octanol–water partition coefficient (Wildman–Crippen LogP) is 5.30. The molecule has 0 aliphatic heterocycles. The summed E-state index contributed by atoms with van der Waals surface area (Å²) in [6.07, 6.45) is 1.82. The van der Waals surface area contributed by atoms with E-state index in [1.165, 1.54) is 12.2 Å². The predicted molar refractivity (Wildman–Crippen MR) is 112 cm³/mol. The Hall–Kier alpha value is -2.96. The van der Waals surface area contributed by atoms with Gasteiger partial charge in [0.1, 0.15) is 11.5 Å². The molecule has 1 heterocycles. The van der Waals surface area contributed by atoms with E-state index in [0.29, 0.717) is 0 Å². The summed E-state index contributed by atoms with van der Waals surface area (Å²) in [6, 6.07) is 21.9. The Morgan fingerprint density at radius 3 is 2.44 bits per heavy atom. The minimum Gasteiger partial charge on any atom is -0.497 e. The first-order chi connectivity index (χ1) is 13.2. The van der Waals surface area contributed by atoms with E-state index in [-0.39, 0.29) is 0 Å². The summed E-state index contributed by atoms with van der Waals surface area (Å²) < 4.78 is 12.7. The molecule has 0 radical (unpaired) electrons. The average Bonchev–Trinajstić information content (AvgIpc) is 2.72. The van der Waals surface area contributed by atoms with Crippen LogP contribution in [0.15, 0.2) is 72.9 Å². The van der Waals surface area contributed by atoms with Crippen molar-refractivity contribution < 1.29 is 8.92 Å². The van der Waals surface area contributed by atoms with Crippen molar-refractivity contribution in [1.82, 2.24) is 9.40 Å². The Labute approximate surface area is 162 Å². The highest BCUT2D eigenvalue weighted by molar-refractivity contribution is 7.92. The molecular weight excluding hydrogens is 358 g/mol. The molecule has 0 spiro atoms. The Morgan fingerprint density at radius 1 is 0.889 bits per heavy atom. The molecule has 0 unspecified atom stereocenters. The highest BCUT2D eigenvalue weighted by atomic mass is 32.2. The lowest BCUT2D eigenvalue weighted by atomic mass is 10.0. The van der Waals surface area contributed by atoms with Crippen LogP contribution in [-0.2, 0) is 0 Å². The molecule has 136 valence electrons. The molecule has 27 heavy (non-hydrogen) atoms. The molecule has 6 heteroatoms. The van der Waals surface area contributed by atoms with E-state index in [4.69, 9.17) is 8.92 Å². The highest BCUT2D eigenvalue weighted by Crippen LogP contribution is 2.31. The summed E-state index contributed by atoms with van der Waals surface area (Å²) in [7, 11) is 3.55. The fourth-order valence-corrected chi connectivity index (χ4v) is 3.37. The fourth-order valence-electron chi connectivity index (χ4n) is 2.93. The van der Waals surface area contributed by atoms with Crippen LogP contribution < -0.4 is 14.3 Å². The molecule has 0 bridgehead atoms. The minimum atomic E-state index is 0.750. The monoisotopic (exact) mass is 377 g/mol. The van der Waals surface area contributed by atoms with Gasteiger partial charge in [0.15, 0.2) is 12.2 Å². The van der Waals surface area contributed by atoms with Crippen LogP contribution in [0.1, 0.15) is 0 Å². The molecule has 3 aromatic carbocycles. The first-order valence-electron chi connectivity index (χ1n) is 8.50. The first-order valence-corrected chi connectivity index (χ1v) is 9.20. The van der Waals surface area contributed by atoms with E-state index in [0.717, 1.165) is 38.9 Å². The van der Waals surface area contributed by atoms with Crippen molar-refractivity contribution in [3.63, 3.8) is 0 Å². The maximum absolute atomic E-state index is 5.75. The number of benzene rings is 3. The zero-order valence-electron chi connectivity index (χ0n) is 15.0. The number of nitrogens with zero attached hydrogens (tertiary/aromatic N) is 2. The zero-order chi connectivity index (χ0) is 18.6. The average molecular weight is 377 g/mol. The Balaban J connectivity index is 1.54. The third-order valence-corrected chi connectivity index (χ3v) is 4.78. The van der Waals surface area contributed by atoms with Gasteiger partial charge in [0.05, 0.1) is 18.3 Å². The second kappa shape index (κ2) is 7.73. The van der Waals surface area contributed by atoms with Gasteiger partial charge < -0.3 is 14.3 Å². The SMILES string of the molecule is COc1ccc(OSN(C)Nc2cccc3ccc4cccnc4c23)cc1. The molecule has 5 nitrogen and oxygen atoms in total. The molecule has 0 aliphatic carbocycles. The summed E-state index contributed by atoms with van der Waals surface area (Å²) in [4.78, 5) is 4.58. The number of aromatic nitrogens is 1.